The molecule has 1 N–H and O–H groups in total. The minimum Gasteiger partial charge on any atom is -0.322 e. The van der Waals surface area contributed by atoms with Crippen LogP contribution in [0.15, 0.2) is 41.6 Å². The van der Waals surface area contributed by atoms with Crippen LogP contribution in [0, 0.1) is 0 Å². The Morgan fingerprint density at radius 1 is 1.16 bits per heavy atom. The summed E-state index contributed by atoms with van der Waals surface area (Å²) in [5.74, 6) is -0.322. The molecule has 2 aromatic rings. The third-order valence-electron chi connectivity index (χ3n) is 4.26. The molecular weight excluding hydrogens is 340 g/mol. The summed E-state index contributed by atoms with van der Waals surface area (Å²) in [5.41, 5.74) is 0.869. The first-order valence-corrected chi connectivity index (χ1v) is 9.81. The molecule has 0 atom stereocenters. The van der Waals surface area contributed by atoms with Crippen LogP contribution in [0.2, 0.25) is 0 Å². The van der Waals surface area contributed by atoms with Crippen molar-refractivity contribution in [3.05, 3.63) is 42.2 Å². The number of rotatable bonds is 4. The van der Waals surface area contributed by atoms with Crippen LogP contribution in [0.1, 0.15) is 36.0 Å². The number of carbonyl (C=O) groups is 1. The van der Waals surface area contributed by atoms with Gasteiger partial charge in [-0.2, -0.15) is 9.40 Å². The van der Waals surface area contributed by atoms with E-state index in [0.717, 1.165) is 25.7 Å². The third kappa shape index (κ3) is 4.08. The SMILES string of the molecule is Cn1cc(C(=O)Nc2cccc(S(=O)(=O)N3CCCCCC3)c2)cn1. The average Bonchev–Trinajstić information content (AvgIpc) is 2.85. The van der Waals surface area contributed by atoms with E-state index in [1.54, 1.807) is 35.7 Å². The van der Waals surface area contributed by atoms with Gasteiger partial charge >= 0.3 is 0 Å². The number of hydrogen-bond donors (Lipinski definition) is 1. The molecule has 1 aliphatic heterocycles. The second-order valence-electron chi connectivity index (χ2n) is 6.20. The van der Waals surface area contributed by atoms with Crippen LogP contribution in [0.25, 0.3) is 0 Å². The summed E-state index contributed by atoms with van der Waals surface area (Å²) < 4.78 is 28.8. The Labute approximate surface area is 147 Å². The highest BCUT2D eigenvalue weighted by Gasteiger charge is 2.25. The Kier molecular flexibility index (Phi) is 5.19. The maximum absolute atomic E-state index is 12.9. The summed E-state index contributed by atoms with van der Waals surface area (Å²) in [5, 5.41) is 6.68. The molecule has 0 spiro atoms. The maximum Gasteiger partial charge on any atom is 0.258 e. The third-order valence-corrected chi connectivity index (χ3v) is 6.16. The highest BCUT2D eigenvalue weighted by Crippen LogP contribution is 2.23. The van der Waals surface area contributed by atoms with Crippen molar-refractivity contribution < 1.29 is 13.2 Å². The lowest BCUT2D eigenvalue weighted by atomic mass is 10.2. The van der Waals surface area contributed by atoms with Crippen molar-refractivity contribution in [3.63, 3.8) is 0 Å². The fourth-order valence-electron chi connectivity index (χ4n) is 2.91. The second kappa shape index (κ2) is 7.37. The van der Waals surface area contributed by atoms with Crippen LogP contribution < -0.4 is 5.32 Å². The summed E-state index contributed by atoms with van der Waals surface area (Å²) in [6.45, 7) is 1.10. The van der Waals surface area contributed by atoms with Gasteiger partial charge in [-0.3, -0.25) is 9.48 Å². The molecule has 3 rings (SSSR count). The van der Waals surface area contributed by atoms with Crippen LogP contribution in [0.4, 0.5) is 5.69 Å². The minimum absolute atomic E-state index is 0.207. The quantitative estimate of drug-likeness (QED) is 0.904. The molecule has 1 fully saturated rings. The standard InChI is InChI=1S/C17H22N4O3S/c1-20-13-14(12-18-20)17(22)19-15-7-6-8-16(11-15)25(23,24)21-9-4-2-3-5-10-21/h6-8,11-13H,2-5,9-10H2,1H3,(H,19,22). The Morgan fingerprint density at radius 3 is 2.52 bits per heavy atom. The number of aromatic nitrogens is 2. The molecule has 2 heterocycles. The van der Waals surface area contributed by atoms with E-state index in [0.29, 0.717) is 24.3 Å². The van der Waals surface area contributed by atoms with Gasteiger partial charge in [-0.1, -0.05) is 18.9 Å². The van der Waals surface area contributed by atoms with Gasteiger partial charge in [0.05, 0.1) is 16.7 Å². The topological polar surface area (TPSA) is 84.3 Å². The first-order chi connectivity index (χ1) is 12.0. The van der Waals surface area contributed by atoms with Gasteiger partial charge in [-0.25, -0.2) is 8.42 Å². The molecule has 0 aliphatic carbocycles. The number of aryl methyl sites for hydroxylation is 1. The van der Waals surface area contributed by atoms with Crippen molar-refractivity contribution in [2.45, 2.75) is 30.6 Å². The minimum atomic E-state index is -3.54. The molecule has 7 nitrogen and oxygen atoms in total. The van der Waals surface area contributed by atoms with Gasteiger partial charge in [-0.05, 0) is 31.0 Å². The van der Waals surface area contributed by atoms with Crippen molar-refractivity contribution in [3.8, 4) is 0 Å². The average molecular weight is 362 g/mol. The van der Waals surface area contributed by atoms with E-state index in [1.165, 1.54) is 16.9 Å². The zero-order valence-corrected chi connectivity index (χ0v) is 15.0. The van der Waals surface area contributed by atoms with E-state index in [1.807, 2.05) is 0 Å². The number of hydrogen-bond acceptors (Lipinski definition) is 4. The van der Waals surface area contributed by atoms with Gasteiger partial charge in [0.2, 0.25) is 10.0 Å². The van der Waals surface area contributed by atoms with E-state index in [4.69, 9.17) is 0 Å². The molecule has 1 amide bonds. The number of anilines is 1. The Balaban J connectivity index is 1.79. The van der Waals surface area contributed by atoms with Gasteiger partial charge in [0.1, 0.15) is 0 Å². The van der Waals surface area contributed by atoms with E-state index in [9.17, 15) is 13.2 Å². The zero-order valence-electron chi connectivity index (χ0n) is 14.2. The van der Waals surface area contributed by atoms with Crippen molar-refractivity contribution in [2.75, 3.05) is 18.4 Å². The second-order valence-corrected chi connectivity index (χ2v) is 8.14. The van der Waals surface area contributed by atoms with E-state index < -0.39 is 10.0 Å². The van der Waals surface area contributed by atoms with E-state index in [-0.39, 0.29) is 10.8 Å². The highest BCUT2D eigenvalue weighted by molar-refractivity contribution is 7.89. The van der Waals surface area contributed by atoms with Crippen molar-refractivity contribution in [2.24, 2.45) is 7.05 Å². The van der Waals surface area contributed by atoms with Crippen LogP contribution in [-0.2, 0) is 17.1 Å². The Morgan fingerprint density at radius 2 is 1.88 bits per heavy atom. The molecule has 1 aliphatic rings. The van der Waals surface area contributed by atoms with E-state index in [2.05, 4.69) is 10.4 Å². The van der Waals surface area contributed by atoms with Crippen LogP contribution in [0.5, 0.6) is 0 Å². The number of benzene rings is 1. The molecule has 0 unspecified atom stereocenters. The summed E-state index contributed by atoms with van der Waals surface area (Å²) in [6, 6.07) is 6.40. The summed E-state index contributed by atoms with van der Waals surface area (Å²) in [6.07, 6.45) is 6.97. The molecule has 1 saturated heterocycles. The Bertz CT molecular complexity index is 852. The van der Waals surface area contributed by atoms with Crippen LogP contribution in [-0.4, -0.2) is 41.5 Å². The molecule has 134 valence electrons. The zero-order chi connectivity index (χ0) is 17.9. The smallest absolute Gasteiger partial charge is 0.258 e. The van der Waals surface area contributed by atoms with Gasteiger partial charge < -0.3 is 5.32 Å². The largest absolute Gasteiger partial charge is 0.322 e. The van der Waals surface area contributed by atoms with Gasteiger partial charge in [0.15, 0.2) is 0 Å². The lowest BCUT2D eigenvalue weighted by Crippen LogP contribution is -2.32. The first-order valence-electron chi connectivity index (χ1n) is 8.37. The predicted molar refractivity (Wildman–Crippen MR) is 94.8 cm³/mol. The molecule has 8 heteroatoms. The number of nitrogens with one attached hydrogen (secondary N) is 1. The first kappa shape index (κ1) is 17.6. The van der Waals surface area contributed by atoms with Gasteiger partial charge in [0.25, 0.3) is 5.91 Å². The molecule has 0 saturated carbocycles. The molecular formula is C17H22N4O3S. The fourth-order valence-corrected chi connectivity index (χ4v) is 4.47. The van der Waals surface area contributed by atoms with Crippen molar-refractivity contribution in [1.29, 1.82) is 0 Å². The van der Waals surface area contributed by atoms with Crippen molar-refractivity contribution >= 4 is 21.6 Å². The summed E-state index contributed by atoms with van der Waals surface area (Å²) >= 11 is 0. The van der Waals surface area contributed by atoms with E-state index >= 15 is 0 Å². The van der Waals surface area contributed by atoms with Gasteiger partial charge in [0, 0.05) is 32.0 Å². The lowest BCUT2D eigenvalue weighted by Gasteiger charge is -2.20. The number of sulfonamides is 1. The number of nitrogens with zero attached hydrogens (tertiary/aromatic N) is 3. The molecule has 0 bridgehead atoms. The highest BCUT2D eigenvalue weighted by atomic mass is 32.2. The number of amides is 1. The normalized spacial score (nSPS) is 16.4. The molecule has 1 aromatic heterocycles. The molecule has 1 aromatic carbocycles. The van der Waals surface area contributed by atoms with Crippen LogP contribution >= 0.6 is 0 Å². The van der Waals surface area contributed by atoms with Crippen molar-refractivity contribution in [1.82, 2.24) is 14.1 Å². The fraction of sp³-hybridized carbons (Fsp3) is 0.412. The summed E-state index contributed by atoms with van der Waals surface area (Å²) in [7, 11) is -1.81. The molecule has 0 radical (unpaired) electrons. The number of carbonyl (C=O) groups excluding carboxylic acids is 1. The Hall–Kier alpha value is -2.19. The monoisotopic (exact) mass is 362 g/mol. The predicted octanol–water partition coefficient (Wildman–Crippen LogP) is 2.24. The maximum atomic E-state index is 12.9. The summed E-state index contributed by atoms with van der Waals surface area (Å²) in [4.78, 5) is 12.4. The molecule has 25 heavy (non-hydrogen) atoms. The van der Waals surface area contributed by atoms with Gasteiger partial charge in [-0.15, -0.1) is 0 Å². The lowest BCUT2D eigenvalue weighted by molar-refractivity contribution is 0.102. The van der Waals surface area contributed by atoms with Crippen LogP contribution in [0.3, 0.4) is 0 Å².